The van der Waals surface area contributed by atoms with Crippen molar-refractivity contribution in [1.29, 1.82) is 0 Å². The Hall–Kier alpha value is 0.0700. The van der Waals surface area contributed by atoms with Gasteiger partial charge >= 0.3 is 0 Å². The van der Waals surface area contributed by atoms with Crippen molar-refractivity contribution in [3.63, 3.8) is 0 Å². The van der Waals surface area contributed by atoms with Gasteiger partial charge < -0.3 is 10.1 Å². The van der Waals surface area contributed by atoms with E-state index in [1.807, 2.05) is 0 Å². The van der Waals surface area contributed by atoms with Crippen LogP contribution in [0.15, 0.2) is 0 Å². The molecule has 0 bridgehead atoms. The van der Waals surface area contributed by atoms with Crippen LogP contribution in [0.2, 0.25) is 0 Å². The maximum atomic E-state index is 11.6. The molecular formula is C13H29NO2S. The summed E-state index contributed by atoms with van der Waals surface area (Å²) in [5, 5.41) is 3.27. The molecule has 1 atom stereocenters. The molecule has 0 aromatic rings. The molecule has 0 spiro atoms. The highest BCUT2D eigenvalue weighted by atomic mass is 32.2. The van der Waals surface area contributed by atoms with Gasteiger partial charge in [-0.15, -0.1) is 0 Å². The van der Waals surface area contributed by atoms with Gasteiger partial charge in [0.1, 0.15) is 0 Å². The van der Waals surface area contributed by atoms with E-state index in [1.54, 1.807) is 0 Å². The number of ether oxygens (including phenoxy) is 1. The summed E-state index contributed by atoms with van der Waals surface area (Å²) in [6.07, 6.45) is 0.893. The molecule has 104 valence electrons. The Balaban J connectivity index is 3.34. The SMILES string of the molecule is CC(C)NCCS(=O)CCCOCC(C)(C)C. The zero-order chi connectivity index (χ0) is 13.3. The van der Waals surface area contributed by atoms with Gasteiger partial charge in [0.2, 0.25) is 0 Å². The summed E-state index contributed by atoms with van der Waals surface area (Å²) in [5.74, 6) is 1.50. The van der Waals surface area contributed by atoms with Crippen LogP contribution in [-0.4, -0.2) is 41.5 Å². The minimum atomic E-state index is -0.704. The maximum absolute atomic E-state index is 11.6. The lowest BCUT2D eigenvalue weighted by Crippen LogP contribution is -2.27. The average Bonchev–Trinajstić information content (AvgIpc) is 2.14. The molecule has 0 amide bonds. The highest BCUT2D eigenvalue weighted by molar-refractivity contribution is 7.84. The third-order valence-corrected chi connectivity index (χ3v) is 3.48. The van der Waals surface area contributed by atoms with Crippen molar-refractivity contribution in [3.05, 3.63) is 0 Å². The Labute approximate surface area is 109 Å². The predicted octanol–water partition coefficient (Wildman–Crippen LogP) is 2.19. The van der Waals surface area contributed by atoms with E-state index in [0.717, 1.165) is 37.7 Å². The number of hydrogen-bond donors (Lipinski definition) is 1. The highest BCUT2D eigenvalue weighted by Crippen LogP contribution is 2.12. The topological polar surface area (TPSA) is 38.3 Å². The molecule has 0 rings (SSSR count). The lowest BCUT2D eigenvalue weighted by Gasteiger charge is -2.17. The van der Waals surface area contributed by atoms with Crippen molar-refractivity contribution in [2.45, 2.75) is 47.1 Å². The molecular weight excluding hydrogens is 234 g/mol. The van der Waals surface area contributed by atoms with E-state index in [9.17, 15) is 4.21 Å². The average molecular weight is 263 g/mol. The van der Waals surface area contributed by atoms with Gasteiger partial charge in [0, 0.05) is 41.5 Å². The molecule has 0 heterocycles. The Morgan fingerprint density at radius 1 is 1.24 bits per heavy atom. The first kappa shape index (κ1) is 17.1. The summed E-state index contributed by atoms with van der Waals surface area (Å²) >= 11 is 0. The van der Waals surface area contributed by atoms with Crippen LogP contribution in [-0.2, 0) is 15.5 Å². The van der Waals surface area contributed by atoms with Gasteiger partial charge in [-0.2, -0.15) is 0 Å². The third-order valence-electron chi connectivity index (χ3n) is 2.08. The van der Waals surface area contributed by atoms with E-state index >= 15 is 0 Å². The fourth-order valence-electron chi connectivity index (χ4n) is 1.26. The molecule has 17 heavy (non-hydrogen) atoms. The summed E-state index contributed by atoms with van der Waals surface area (Å²) < 4.78 is 17.1. The van der Waals surface area contributed by atoms with E-state index in [0.29, 0.717) is 6.04 Å². The van der Waals surface area contributed by atoms with Gasteiger partial charge in [0.15, 0.2) is 0 Å². The van der Waals surface area contributed by atoms with Crippen LogP contribution in [0.25, 0.3) is 0 Å². The summed E-state index contributed by atoms with van der Waals surface area (Å²) in [4.78, 5) is 0. The molecule has 0 fully saturated rings. The van der Waals surface area contributed by atoms with Crippen molar-refractivity contribution in [2.24, 2.45) is 5.41 Å². The molecule has 0 radical (unpaired) electrons. The van der Waals surface area contributed by atoms with Crippen LogP contribution in [0.5, 0.6) is 0 Å². The second kappa shape index (κ2) is 9.06. The van der Waals surface area contributed by atoms with Crippen LogP contribution >= 0.6 is 0 Å². The van der Waals surface area contributed by atoms with E-state index in [2.05, 4.69) is 39.9 Å². The minimum absolute atomic E-state index is 0.223. The molecule has 0 aliphatic rings. The first-order chi connectivity index (χ1) is 7.81. The second-order valence-electron chi connectivity index (χ2n) is 5.92. The maximum Gasteiger partial charge on any atom is 0.0514 e. The molecule has 3 nitrogen and oxygen atoms in total. The quantitative estimate of drug-likeness (QED) is 0.648. The predicted molar refractivity (Wildman–Crippen MR) is 75.9 cm³/mol. The summed E-state index contributed by atoms with van der Waals surface area (Å²) in [5.41, 5.74) is 0.223. The zero-order valence-electron chi connectivity index (χ0n) is 12.0. The standard InChI is InChI=1S/C13H29NO2S/c1-12(2)14-7-10-17(15)9-6-8-16-11-13(3,4)5/h12,14H,6-11H2,1-5H3. The second-order valence-corrected chi connectivity index (χ2v) is 7.62. The third kappa shape index (κ3) is 14.0. The Morgan fingerprint density at radius 2 is 1.88 bits per heavy atom. The van der Waals surface area contributed by atoms with Gasteiger partial charge in [0.25, 0.3) is 0 Å². The van der Waals surface area contributed by atoms with Crippen LogP contribution in [0.4, 0.5) is 0 Å². The molecule has 0 saturated carbocycles. The fourth-order valence-corrected chi connectivity index (χ4v) is 2.25. The Bertz CT molecular complexity index is 212. The van der Waals surface area contributed by atoms with E-state index in [-0.39, 0.29) is 5.41 Å². The number of rotatable bonds is 9. The molecule has 0 aromatic heterocycles. The number of hydrogen-bond acceptors (Lipinski definition) is 3. The van der Waals surface area contributed by atoms with E-state index in [4.69, 9.17) is 4.74 Å². The summed E-state index contributed by atoms with van der Waals surface area (Å²) in [6, 6.07) is 0.474. The molecule has 0 aromatic carbocycles. The van der Waals surface area contributed by atoms with Crippen molar-refractivity contribution in [2.75, 3.05) is 31.3 Å². The fraction of sp³-hybridized carbons (Fsp3) is 1.00. The van der Waals surface area contributed by atoms with E-state index < -0.39 is 10.8 Å². The number of nitrogens with one attached hydrogen (secondary N) is 1. The van der Waals surface area contributed by atoms with Crippen molar-refractivity contribution >= 4 is 10.8 Å². The van der Waals surface area contributed by atoms with Crippen molar-refractivity contribution < 1.29 is 8.95 Å². The lowest BCUT2D eigenvalue weighted by atomic mass is 9.99. The zero-order valence-corrected chi connectivity index (χ0v) is 12.9. The molecule has 1 N–H and O–H groups in total. The lowest BCUT2D eigenvalue weighted by molar-refractivity contribution is 0.0721. The summed E-state index contributed by atoms with van der Waals surface area (Å²) in [6.45, 7) is 13.0. The van der Waals surface area contributed by atoms with Crippen LogP contribution < -0.4 is 5.32 Å². The molecule has 0 aliphatic heterocycles. The highest BCUT2D eigenvalue weighted by Gasteiger charge is 2.09. The van der Waals surface area contributed by atoms with Gasteiger partial charge in [-0.25, -0.2) is 0 Å². The molecule has 0 aliphatic carbocycles. The van der Waals surface area contributed by atoms with Gasteiger partial charge in [-0.1, -0.05) is 34.6 Å². The van der Waals surface area contributed by atoms with Gasteiger partial charge in [-0.05, 0) is 11.8 Å². The smallest absolute Gasteiger partial charge is 0.0514 e. The monoisotopic (exact) mass is 263 g/mol. The normalized spacial score (nSPS) is 14.2. The summed E-state index contributed by atoms with van der Waals surface area (Å²) in [7, 11) is -0.704. The minimum Gasteiger partial charge on any atom is -0.381 e. The van der Waals surface area contributed by atoms with Gasteiger partial charge in [-0.3, -0.25) is 4.21 Å². The molecule has 4 heteroatoms. The van der Waals surface area contributed by atoms with Crippen LogP contribution in [0.1, 0.15) is 41.0 Å². The Kier molecular flexibility index (Phi) is 9.10. The van der Waals surface area contributed by atoms with Crippen molar-refractivity contribution in [3.8, 4) is 0 Å². The van der Waals surface area contributed by atoms with Crippen molar-refractivity contribution in [1.82, 2.24) is 5.32 Å². The Morgan fingerprint density at radius 3 is 2.41 bits per heavy atom. The molecule has 0 saturated heterocycles. The van der Waals surface area contributed by atoms with Crippen LogP contribution in [0.3, 0.4) is 0 Å². The van der Waals surface area contributed by atoms with Crippen LogP contribution in [0, 0.1) is 5.41 Å². The largest absolute Gasteiger partial charge is 0.381 e. The first-order valence-corrected chi connectivity index (χ1v) is 7.96. The molecule has 1 unspecified atom stereocenters. The first-order valence-electron chi connectivity index (χ1n) is 6.47. The van der Waals surface area contributed by atoms with Gasteiger partial charge in [0.05, 0.1) is 6.61 Å². The van der Waals surface area contributed by atoms with E-state index in [1.165, 1.54) is 0 Å².